The van der Waals surface area contributed by atoms with Crippen molar-refractivity contribution >= 4 is 5.97 Å². The maximum absolute atomic E-state index is 10.6. The number of ether oxygens (including phenoxy) is 1. The predicted molar refractivity (Wildman–Crippen MR) is 42.8 cm³/mol. The largest absolute Gasteiger partial charge is 0.469 e. The van der Waals surface area contributed by atoms with Crippen molar-refractivity contribution in [3.05, 3.63) is 18.6 Å². The van der Waals surface area contributed by atoms with Crippen LogP contribution in [0.5, 0.6) is 0 Å². The summed E-state index contributed by atoms with van der Waals surface area (Å²) in [7, 11) is 1.41. The molecule has 1 fully saturated rings. The zero-order valence-electron chi connectivity index (χ0n) is 6.75. The van der Waals surface area contributed by atoms with Gasteiger partial charge in [-0.3, -0.25) is 4.79 Å². The molecule has 0 aromatic carbocycles. The second-order valence-corrected chi connectivity index (χ2v) is 2.72. The van der Waals surface area contributed by atoms with Crippen molar-refractivity contribution in [1.29, 1.82) is 0 Å². The fourth-order valence-electron chi connectivity index (χ4n) is 0.823. The summed E-state index contributed by atoms with van der Waals surface area (Å²) in [5.74, 6) is 0.616. The first kappa shape index (κ1) is 8.31. The van der Waals surface area contributed by atoms with E-state index in [4.69, 9.17) is 0 Å². The van der Waals surface area contributed by atoms with Crippen LogP contribution in [0.25, 0.3) is 0 Å². The summed E-state index contributed by atoms with van der Waals surface area (Å²) in [5.41, 5.74) is 0. The number of rotatable bonds is 4. The summed E-state index contributed by atoms with van der Waals surface area (Å²) in [6.07, 6.45) is 8.91. The van der Waals surface area contributed by atoms with Crippen molar-refractivity contribution < 1.29 is 9.53 Å². The van der Waals surface area contributed by atoms with Gasteiger partial charge < -0.3 is 4.74 Å². The van der Waals surface area contributed by atoms with Crippen LogP contribution >= 0.6 is 0 Å². The number of hydrogen-bond acceptors (Lipinski definition) is 2. The van der Waals surface area contributed by atoms with Gasteiger partial charge >= 0.3 is 5.97 Å². The Morgan fingerprint density at radius 2 is 2.45 bits per heavy atom. The molecule has 0 heterocycles. The van der Waals surface area contributed by atoms with Crippen LogP contribution in [0.3, 0.4) is 0 Å². The molecule has 1 aliphatic rings. The second-order valence-electron chi connectivity index (χ2n) is 2.72. The molecule has 1 radical (unpaired) electrons. The summed E-state index contributed by atoms with van der Waals surface area (Å²) in [5, 5.41) is 0. The lowest BCUT2D eigenvalue weighted by atomic mass is 10.2. The number of carbonyl (C=O) groups is 1. The Balaban J connectivity index is 1.99. The van der Waals surface area contributed by atoms with Gasteiger partial charge in [-0.2, -0.15) is 0 Å². The highest BCUT2D eigenvalue weighted by atomic mass is 16.5. The lowest BCUT2D eigenvalue weighted by Crippen LogP contribution is -1.96. The quantitative estimate of drug-likeness (QED) is 0.454. The van der Waals surface area contributed by atoms with Gasteiger partial charge in [0.2, 0.25) is 0 Å². The molecule has 0 bridgehead atoms. The molecule has 2 heteroatoms. The van der Waals surface area contributed by atoms with Crippen molar-refractivity contribution in [1.82, 2.24) is 0 Å². The van der Waals surface area contributed by atoms with E-state index >= 15 is 0 Å². The highest BCUT2D eigenvalue weighted by Gasteiger charge is 2.19. The Kier molecular flexibility index (Phi) is 3.14. The Hall–Kier alpha value is -0.790. The number of carbonyl (C=O) groups excluding carboxylic acids is 1. The normalized spacial score (nSPS) is 17.2. The maximum atomic E-state index is 10.6. The third-order valence-electron chi connectivity index (χ3n) is 1.69. The van der Waals surface area contributed by atoms with Gasteiger partial charge in [0, 0.05) is 0 Å². The van der Waals surface area contributed by atoms with E-state index in [0.717, 1.165) is 12.3 Å². The minimum atomic E-state index is -0.166. The van der Waals surface area contributed by atoms with Gasteiger partial charge in [-0.25, -0.2) is 0 Å². The lowest BCUT2D eigenvalue weighted by molar-refractivity contribution is -0.139. The molecule has 0 amide bonds. The molecule has 0 aromatic rings. The number of allylic oxidation sites excluding steroid dienone is 1. The first-order chi connectivity index (χ1) is 5.33. The average molecular weight is 153 g/mol. The van der Waals surface area contributed by atoms with E-state index in [1.54, 1.807) is 0 Å². The Bertz CT molecular complexity index is 157. The summed E-state index contributed by atoms with van der Waals surface area (Å²) in [4.78, 5) is 10.6. The molecule has 0 spiro atoms. The molecule has 0 N–H and O–H groups in total. The number of hydrogen-bond donors (Lipinski definition) is 0. The zero-order valence-corrected chi connectivity index (χ0v) is 6.75. The third kappa shape index (κ3) is 3.81. The van der Waals surface area contributed by atoms with Crippen LogP contribution in [0.4, 0.5) is 0 Å². The van der Waals surface area contributed by atoms with Crippen LogP contribution in [0.2, 0.25) is 0 Å². The molecule has 1 atom stereocenters. The molecular weight excluding hydrogens is 140 g/mol. The van der Waals surface area contributed by atoms with E-state index in [-0.39, 0.29) is 5.97 Å². The van der Waals surface area contributed by atoms with Crippen LogP contribution in [0, 0.1) is 12.3 Å². The summed E-state index contributed by atoms with van der Waals surface area (Å²) < 4.78 is 4.47. The summed E-state index contributed by atoms with van der Waals surface area (Å²) >= 11 is 0. The van der Waals surface area contributed by atoms with Crippen molar-refractivity contribution in [3.8, 4) is 0 Å². The Morgan fingerprint density at radius 1 is 1.73 bits per heavy atom. The fourth-order valence-corrected chi connectivity index (χ4v) is 0.823. The molecule has 0 saturated heterocycles. The predicted octanol–water partition coefficient (Wildman–Crippen LogP) is 1.72. The molecule has 1 rings (SSSR count). The lowest BCUT2D eigenvalue weighted by Gasteiger charge is -1.91. The highest BCUT2D eigenvalue weighted by Crippen LogP contribution is 2.30. The molecule has 1 saturated carbocycles. The Morgan fingerprint density at radius 3 is 3.00 bits per heavy atom. The van der Waals surface area contributed by atoms with Gasteiger partial charge in [-0.05, 0) is 25.2 Å². The van der Waals surface area contributed by atoms with Gasteiger partial charge in [0.1, 0.15) is 0 Å². The molecule has 61 valence electrons. The van der Waals surface area contributed by atoms with Crippen LogP contribution in [-0.4, -0.2) is 13.1 Å². The smallest absolute Gasteiger partial charge is 0.309 e. The van der Waals surface area contributed by atoms with Gasteiger partial charge in [-0.1, -0.05) is 12.2 Å². The van der Waals surface area contributed by atoms with E-state index in [9.17, 15) is 4.79 Å². The number of methoxy groups -OCH3 is 1. The van der Waals surface area contributed by atoms with E-state index in [1.807, 2.05) is 12.2 Å². The average Bonchev–Trinajstić information content (AvgIpc) is 2.81. The van der Waals surface area contributed by atoms with Crippen molar-refractivity contribution in [2.45, 2.75) is 19.3 Å². The van der Waals surface area contributed by atoms with Crippen molar-refractivity contribution in [3.63, 3.8) is 0 Å². The molecule has 1 unspecified atom stereocenters. The summed E-state index contributed by atoms with van der Waals surface area (Å²) in [6, 6.07) is 0. The van der Waals surface area contributed by atoms with Gasteiger partial charge in [0.15, 0.2) is 0 Å². The molecule has 0 aromatic heterocycles. The first-order valence-corrected chi connectivity index (χ1v) is 3.88. The minimum Gasteiger partial charge on any atom is -0.469 e. The topological polar surface area (TPSA) is 26.3 Å². The zero-order chi connectivity index (χ0) is 8.10. The van der Waals surface area contributed by atoms with E-state index in [2.05, 4.69) is 11.2 Å². The van der Waals surface area contributed by atoms with E-state index in [0.29, 0.717) is 6.42 Å². The molecule has 1 aliphatic carbocycles. The van der Waals surface area contributed by atoms with Crippen LogP contribution < -0.4 is 0 Å². The van der Waals surface area contributed by atoms with Crippen molar-refractivity contribution in [2.24, 2.45) is 5.92 Å². The third-order valence-corrected chi connectivity index (χ3v) is 1.69. The standard InChI is InChI=1S/C9H13O2/c1-11-9(10)5-3-2-4-8-6-7-8/h2-3,6,8H,4-5,7H2,1H3. The van der Waals surface area contributed by atoms with E-state index in [1.165, 1.54) is 13.5 Å². The van der Waals surface area contributed by atoms with Crippen LogP contribution in [0.1, 0.15) is 19.3 Å². The maximum Gasteiger partial charge on any atom is 0.309 e. The monoisotopic (exact) mass is 153 g/mol. The number of esters is 1. The first-order valence-electron chi connectivity index (χ1n) is 3.88. The molecule has 11 heavy (non-hydrogen) atoms. The van der Waals surface area contributed by atoms with Crippen LogP contribution in [0.15, 0.2) is 12.2 Å². The van der Waals surface area contributed by atoms with Gasteiger partial charge in [0.25, 0.3) is 0 Å². The molecule has 0 aliphatic heterocycles. The second kappa shape index (κ2) is 4.16. The molecular formula is C9H13O2. The van der Waals surface area contributed by atoms with Crippen LogP contribution in [-0.2, 0) is 9.53 Å². The SMILES string of the molecule is COC(=O)CC=CCC1[CH]C1. The minimum absolute atomic E-state index is 0.166. The van der Waals surface area contributed by atoms with Gasteiger partial charge in [-0.15, -0.1) is 0 Å². The summed E-state index contributed by atoms with van der Waals surface area (Å²) in [6.45, 7) is 0. The van der Waals surface area contributed by atoms with E-state index < -0.39 is 0 Å². The highest BCUT2D eigenvalue weighted by molar-refractivity contribution is 5.70. The fraction of sp³-hybridized carbons (Fsp3) is 0.556. The molecule has 2 nitrogen and oxygen atoms in total. The Labute approximate surface area is 67.2 Å². The van der Waals surface area contributed by atoms with Crippen molar-refractivity contribution in [2.75, 3.05) is 7.11 Å². The van der Waals surface area contributed by atoms with Gasteiger partial charge in [0.05, 0.1) is 13.5 Å².